The standard InChI is InChI=1S/C18H28N6O4/c1-2-5-24-16(19)15(17(27)21-18(24)28)13(25)10-22-6-8-23(9-7-22)11-14(26)20-12-3-4-12/h12H,2-11,19H2,1H3,(H,20,26)(H,21,27,28). The third-order valence-corrected chi connectivity index (χ3v) is 5.11. The van der Waals surface area contributed by atoms with Gasteiger partial charge in [0.2, 0.25) is 5.91 Å². The van der Waals surface area contributed by atoms with Crippen LogP contribution in [0.2, 0.25) is 0 Å². The van der Waals surface area contributed by atoms with Gasteiger partial charge in [0.05, 0.1) is 13.1 Å². The molecule has 0 unspecified atom stereocenters. The Morgan fingerprint density at radius 2 is 1.71 bits per heavy atom. The number of rotatable bonds is 8. The quantitative estimate of drug-likeness (QED) is 0.464. The van der Waals surface area contributed by atoms with Gasteiger partial charge in [0.15, 0.2) is 5.78 Å². The molecule has 1 saturated carbocycles. The fourth-order valence-electron chi connectivity index (χ4n) is 3.39. The van der Waals surface area contributed by atoms with E-state index in [9.17, 15) is 19.2 Å². The number of carbonyl (C=O) groups is 2. The molecule has 28 heavy (non-hydrogen) atoms. The summed E-state index contributed by atoms with van der Waals surface area (Å²) in [5, 5.41) is 2.97. The lowest BCUT2D eigenvalue weighted by atomic mass is 10.1. The van der Waals surface area contributed by atoms with E-state index in [4.69, 9.17) is 5.73 Å². The highest BCUT2D eigenvalue weighted by Crippen LogP contribution is 2.18. The smallest absolute Gasteiger partial charge is 0.329 e. The van der Waals surface area contributed by atoms with E-state index in [0.29, 0.717) is 51.7 Å². The fraction of sp³-hybridized carbons (Fsp3) is 0.667. The largest absolute Gasteiger partial charge is 0.384 e. The molecule has 1 aromatic rings. The van der Waals surface area contributed by atoms with E-state index in [2.05, 4.69) is 15.2 Å². The number of Topliss-reactive ketones (excluding diaryl/α,β-unsaturated/α-hetero) is 1. The van der Waals surface area contributed by atoms with Gasteiger partial charge in [-0.3, -0.25) is 33.7 Å². The van der Waals surface area contributed by atoms with Crippen molar-refractivity contribution in [2.45, 2.75) is 38.8 Å². The number of nitrogens with two attached hydrogens (primary N) is 1. The Labute approximate surface area is 162 Å². The van der Waals surface area contributed by atoms with Gasteiger partial charge >= 0.3 is 5.69 Å². The highest BCUT2D eigenvalue weighted by Gasteiger charge is 2.27. The van der Waals surface area contributed by atoms with Crippen LogP contribution in [0, 0.1) is 0 Å². The molecule has 10 heteroatoms. The predicted molar refractivity (Wildman–Crippen MR) is 104 cm³/mol. The lowest BCUT2D eigenvalue weighted by Gasteiger charge is -2.33. The molecule has 0 aromatic carbocycles. The molecule has 3 rings (SSSR count). The van der Waals surface area contributed by atoms with Crippen LogP contribution >= 0.6 is 0 Å². The third kappa shape index (κ3) is 4.87. The van der Waals surface area contributed by atoms with Gasteiger partial charge in [-0.25, -0.2) is 4.79 Å². The fourth-order valence-corrected chi connectivity index (χ4v) is 3.39. The summed E-state index contributed by atoms with van der Waals surface area (Å²) in [5.41, 5.74) is 4.46. The zero-order valence-electron chi connectivity index (χ0n) is 16.2. The van der Waals surface area contributed by atoms with E-state index >= 15 is 0 Å². The maximum atomic E-state index is 12.7. The van der Waals surface area contributed by atoms with Crippen LogP contribution in [0.1, 0.15) is 36.5 Å². The third-order valence-electron chi connectivity index (χ3n) is 5.11. The Kier molecular flexibility index (Phi) is 6.30. The summed E-state index contributed by atoms with van der Waals surface area (Å²) in [6.45, 7) is 5.22. The minimum atomic E-state index is -0.741. The number of carbonyl (C=O) groups excluding carboxylic acids is 2. The maximum Gasteiger partial charge on any atom is 0.329 e. The van der Waals surface area contributed by atoms with Crippen molar-refractivity contribution in [1.29, 1.82) is 0 Å². The molecule has 1 amide bonds. The van der Waals surface area contributed by atoms with E-state index in [1.54, 1.807) is 0 Å². The molecule has 0 bridgehead atoms. The van der Waals surface area contributed by atoms with E-state index in [1.807, 2.05) is 11.8 Å². The minimum Gasteiger partial charge on any atom is -0.384 e. The molecule has 2 fully saturated rings. The number of ketones is 1. The van der Waals surface area contributed by atoms with Crippen molar-refractivity contribution in [1.82, 2.24) is 24.7 Å². The Hall–Kier alpha value is -2.46. The molecule has 1 aliphatic heterocycles. The second-order valence-electron chi connectivity index (χ2n) is 7.49. The summed E-state index contributed by atoms with van der Waals surface area (Å²) in [6, 6.07) is 0.353. The van der Waals surface area contributed by atoms with Crippen molar-refractivity contribution in [3.05, 3.63) is 26.4 Å². The molecule has 1 aliphatic carbocycles. The molecular formula is C18H28N6O4. The Morgan fingerprint density at radius 3 is 2.29 bits per heavy atom. The van der Waals surface area contributed by atoms with E-state index in [-0.39, 0.29) is 23.8 Å². The van der Waals surface area contributed by atoms with Gasteiger partial charge in [-0.15, -0.1) is 0 Å². The van der Waals surface area contributed by atoms with Crippen molar-refractivity contribution in [2.24, 2.45) is 0 Å². The lowest BCUT2D eigenvalue weighted by Crippen LogP contribution is -2.51. The molecule has 4 N–H and O–H groups in total. The van der Waals surface area contributed by atoms with Gasteiger partial charge < -0.3 is 11.1 Å². The van der Waals surface area contributed by atoms with Crippen molar-refractivity contribution < 1.29 is 9.59 Å². The molecule has 0 spiro atoms. The van der Waals surface area contributed by atoms with Crippen molar-refractivity contribution >= 4 is 17.5 Å². The molecule has 0 atom stereocenters. The first kappa shape index (κ1) is 20.3. The van der Waals surface area contributed by atoms with Crippen molar-refractivity contribution in [2.75, 3.05) is 45.0 Å². The van der Waals surface area contributed by atoms with Gasteiger partial charge in [0.25, 0.3) is 5.56 Å². The number of aromatic amines is 1. The van der Waals surface area contributed by atoms with Gasteiger partial charge in [-0.1, -0.05) is 6.92 Å². The number of amides is 1. The summed E-state index contributed by atoms with van der Waals surface area (Å²) in [4.78, 5) is 54.7. The predicted octanol–water partition coefficient (Wildman–Crippen LogP) is -1.39. The van der Waals surface area contributed by atoms with Crippen LogP contribution in [0.15, 0.2) is 9.59 Å². The number of nitrogens with one attached hydrogen (secondary N) is 2. The number of nitrogen functional groups attached to an aromatic ring is 1. The highest BCUT2D eigenvalue weighted by molar-refractivity contribution is 6.01. The molecule has 2 heterocycles. The highest BCUT2D eigenvalue weighted by atomic mass is 16.2. The number of anilines is 1. The van der Waals surface area contributed by atoms with Gasteiger partial charge in [-0.2, -0.15) is 0 Å². The number of H-pyrrole nitrogens is 1. The van der Waals surface area contributed by atoms with Gasteiger partial charge in [0.1, 0.15) is 11.4 Å². The Balaban J connectivity index is 1.57. The summed E-state index contributed by atoms with van der Waals surface area (Å²) < 4.78 is 1.23. The first-order chi connectivity index (χ1) is 13.4. The average Bonchev–Trinajstić information content (AvgIpc) is 3.44. The SMILES string of the molecule is CCCn1c(N)c(C(=O)CN2CCN(CC(=O)NC3CC3)CC2)c(=O)[nH]c1=O. The van der Waals surface area contributed by atoms with Crippen LogP contribution in [0.25, 0.3) is 0 Å². The molecular weight excluding hydrogens is 364 g/mol. The number of aromatic nitrogens is 2. The van der Waals surface area contributed by atoms with E-state index in [1.165, 1.54) is 4.57 Å². The molecule has 0 radical (unpaired) electrons. The van der Waals surface area contributed by atoms with E-state index < -0.39 is 17.0 Å². The summed E-state index contributed by atoms with van der Waals surface area (Å²) in [7, 11) is 0. The Bertz CT molecular complexity index is 849. The average molecular weight is 392 g/mol. The van der Waals surface area contributed by atoms with Crippen LogP contribution < -0.4 is 22.3 Å². The van der Waals surface area contributed by atoms with E-state index in [0.717, 1.165) is 12.8 Å². The second-order valence-corrected chi connectivity index (χ2v) is 7.49. The van der Waals surface area contributed by atoms with Crippen LogP contribution in [-0.2, 0) is 11.3 Å². The summed E-state index contributed by atoms with van der Waals surface area (Å²) >= 11 is 0. The zero-order chi connectivity index (χ0) is 20.3. The number of hydrogen-bond acceptors (Lipinski definition) is 7. The summed E-state index contributed by atoms with van der Waals surface area (Å²) in [6.07, 6.45) is 2.78. The molecule has 1 saturated heterocycles. The zero-order valence-corrected chi connectivity index (χ0v) is 16.2. The van der Waals surface area contributed by atoms with Crippen LogP contribution in [0.3, 0.4) is 0 Å². The number of nitrogens with zero attached hydrogens (tertiary/aromatic N) is 3. The lowest BCUT2D eigenvalue weighted by molar-refractivity contribution is -0.122. The van der Waals surface area contributed by atoms with Gasteiger partial charge in [0, 0.05) is 38.8 Å². The molecule has 10 nitrogen and oxygen atoms in total. The second kappa shape index (κ2) is 8.70. The minimum absolute atomic E-state index is 0.0458. The Morgan fingerprint density at radius 1 is 1.11 bits per heavy atom. The summed E-state index contributed by atoms with van der Waals surface area (Å²) in [5.74, 6) is -0.427. The molecule has 154 valence electrons. The first-order valence-electron chi connectivity index (χ1n) is 9.79. The number of hydrogen-bond donors (Lipinski definition) is 3. The van der Waals surface area contributed by atoms with Crippen molar-refractivity contribution in [3.63, 3.8) is 0 Å². The number of piperazine rings is 1. The van der Waals surface area contributed by atoms with Crippen LogP contribution in [0.5, 0.6) is 0 Å². The van der Waals surface area contributed by atoms with Gasteiger partial charge in [-0.05, 0) is 19.3 Å². The topological polar surface area (TPSA) is 134 Å². The normalized spacial score (nSPS) is 18.2. The molecule has 2 aliphatic rings. The monoisotopic (exact) mass is 392 g/mol. The molecule has 1 aromatic heterocycles. The maximum absolute atomic E-state index is 12.7. The van der Waals surface area contributed by atoms with Crippen LogP contribution in [-0.4, -0.2) is 76.4 Å². The first-order valence-corrected chi connectivity index (χ1v) is 9.79. The van der Waals surface area contributed by atoms with Crippen LogP contribution in [0.4, 0.5) is 5.82 Å². The van der Waals surface area contributed by atoms with Crippen molar-refractivity contribution in [3.8, 4) is 0 Å².